The zero-order chi connectivity index (χ0) is 9.97. The summed E-state index contributed by atoms with van der Waals surface area (Å²) in [5, 5.41) is 3.25. The van der Waals surface area contributed by atoms with E-state index in [1.54, 1.807) is 12.1 Å². The van der Waals surface area contributed by atoms with Crippen LogP contribution in [0.25, 0.3) is 6.08 Å². The van der Waals surface area contributed by atoms with Crippen LogP contribution in [-0.2, 0) is 0 Å². The summed E-state index contributed by atoms with van der Waals surface area (Å²) in [5.74, 6) is -0.189. The lowest BCUT2D eigenvalue weighted by atomic mass is 10.1. The molecule has 1 aliphatic rings. The van der Waals surface area contributed by atoms with E-state index in [2.05, 4.69) is 21.2 Å². The predicted molar refractivity (Wildman–Crippen MR) is 59.6 cm³/mol. The second-order valence-electron chi connectivity index (χ2n) is 3.40. The Labute approximate surface area is 91.1 Å². The molecule has 0 unspecified atom stereocenters. The van der Waals surface area contributed by atoms with Crippen molar-refractivity contribution >= 4 is 22.0 Å². The van der Waals surface area contributed by atoms with E-state index in [9.17, 15) is 4.39 Å². The highest BCUT2D eigenvalue weighted by molar-refractivity contribution is 9.10. The monoisotopic (exact) mass is 255 g/mol. The van der Waals surface area contributed by atoms with Crippen molar-refractivity contribution in [1.29, 1.82) is 0 Å². The maximum absolute atomic E-state index is 13.0. The third-order valence-electron chi connectivity index (χ3n) is 2.29. The van der Waals surface area contributed by atoms with Crippen LogP contribution in [0.1, 0.15) is 12.0 Å². The molecule has 0 spiro atoms. The topological polar surface area (TPSA) is 12.0 Å². The minimum absolute atomic E-state index is 0.189. The van der Waals surface area contributed by atoms with Crippen molar-refractivity contribution in [3.8, 4) is 0 Å². The van der Waals surface area contributed by atoms with Gasteiger partial charge in [0.1, 0.15) is 5.82 Å². The lowest BCUT2D eigenvalue weighted by Crippen LogP contribution is -2.04. The van der Waals surface area contributed by atoms with Gasteiger partial charge in [0.25, 0.3) is 0 Å². The Balaban J connectivity index is 2.31. The molecule has 74 valence electrons. The van der Waals surface area contributed by atoms with Crippen LogP contribution in [0.5, 0.6) is 0 Å². The van der Waals surface area contributed by atoms with Gasteiger partial charge in [0, 0.05) is 11.0 Å². The highest BCUT2D eigenvalue weighted by Crippen LogP contribution is 2.22. The van der Waals surface area contributed by atoms with Crippen LogP contribution in [0.15, 0.2) is 28.2 Å². The highest BCUT2D eigenvalue weighted by Gasteiger charge is 2.06. The van der Waals surface area contributed by atoms with E-state index in [-0.39, 0.29) is 5.82 Å². The van der Waals surface area contributed by atoms with Crippen LogP contribution in [0.2, 0.25) is 0 Å². The van der Waals surface area contributed by atoms with Crippen molar-refractivity contribution in [2.24, 2.45) is 0 Å². The number of hydrogen-bond donors (Lipinski definition) is 1. The molecule has 1 N–H and O–H groups in total. The average Bonchev–Trinajstić information content (AvgIpc) is 2.64. The maximum atomic E-state index is 13.0. The summed E-state index contributed by atoms with van der Waals surface area (Å²) in [6, 6.07) is 4.75. The third-order valence-corrected chi connectivity index (χ3v) is 3.01. The molecule has 0 radical (unpaired) electrons. The van der Waals surface area contributed by atoms with Gasteiger partial charge in [-0.05, 0) is 36.7 Å². The largest absolute Gasteiger partial charge is 0.313 e. The number of rotatable bonds is 1. The zero-order valence-corrected chi connectivity index (χ0v) is 9.27. The molecule has 1 aromatic rings. The van der Waals surface area contributed by atoms with Gasteiger partial charge in [-0.25, -0.2) is 4.39 Å². The number of benzene rings is 1. The molecule has 0 aromatic heterocycles. The van der Waals surface area contributed by atoms with Crippen LogP contribution in [0.4, 0.5) is 4.39 Å². The molecule has 2 rings (SSSR count). The second-order valence-corrected chi connectivity index (χ2v) is 4.25. The molecule has 1 heterocycles. The Morgan fingerprint density at radius 1 is 1.43 bits per heavy atom. The Morgan fingerprint density at radius 3 is 3.00 bits per heavy atom. The smallest absolute Gasteiger partial charge is 0.123 e. The van der Waals surface area contributed by atoms with E-state index in [1.807, 2.05) is 6.08 Å². The first-order valence-electron chi connectivity index (χ1n) is 4.61. The first kappa shape index (κ1) is 9.87. The maximum Gasteiger partial charge on any atom is 0.123 e. The Hall–Kier alpha value is -0.670. The summed E-state index contributed by atoms with van der Waals surface area (Å²) in [6.07, 6.45) is 3.11. The van der Waals surface area contributed by atoms with E-state index in [1.165, 1.54) is 11.6 Å². The molecular formula is C11H11BrFN. The van der Waals surface area contributed by atoms with E-state index >= 15 is 0 Å². The van der Waals surface area contributed by atoms with E-state index in [0.29, 0.717) is 0 Å². The molecule has 1 saturated heterocycles. The van der Waals surface area contributed by atoms with Gasteiger partial charge >= 0.3 is 0 Å². The number of hydrogen-bond acceptors (Lipinski definition) is 1. The summed E-state index contributed by atoms with van der Waals surface area (Å²) in [5.41, 5.74) is 2.25. The van der Waals surface area contributed by atoms with Crippen LogP contribution in [-0.4, -0.2) is 13.1 Å². The molecule has 0 saturated carbocycles. The van der Waals surface area contributed by atoms with Gasteiger partial charge in [-0.2, -0.15) is 0 Å². The van der Waals surface area contributed by atoms with Crippen molar-refractivity contribution in [3.63, 3.8) is 0 Å². The highest BCUT2D eigenvalue weighted by atomic mass is 79.9. The SMILES string of the molecule is Fc1ccc(Br)c(C=C2CCNC2)c1. The summed E-state index contributed by atoms with van der Waals surface area (Å²) >= 11 is 3.41. The van der Waals surface area contributed by atoms with Gasteiger partial charge in [0.2, 0.25) is 0 Å². The lowest BCUT2D eigenvalue weighted by molar-refractivity contribution is 0.627. The van der Waals surface area contributed by atoms with E-state index < -0.39 is 0 Å². The summed E-state index contributed by atoms with van der Waals surface area (Å²) in [6.45, 7) is 1.95. The van der Waals surface area contributed by atoms with E-state index in [0.717, 1.165) is 29.5 Å². The van der Waals surface area contributed by atoms with Gasteiger partial charge in [-0.15, -0.1) is 0 Å². The number of nitrogens with one attached hydrogen (secondary N) is 1. The van der Waals surface area contributed by atoms with Crippen LogP contribution >= 0.6 is 15.9 Å². The lowest BCUT2D eigenvalue weighted by Gasteiger charge is -2.00. The molecule has 0 atom stereocenters. The van der Waals surface area contributed by atoms with Gasteiger partial charge in [0.05, 0.1) is 0 Å². The molecular weight excluding hydrogens is 245 g/mol. The molecule has 0 bridgehead atoms. The quantitative estimate of drug-likeness (QED) is 0.814. The Bertz CT molecular complexity index is 366. The van der Waals surface area contributed by atoms with Crippen molar-refractivity contribution < 1.29 is 4.39 Å². The van der Waals surface area contributed by atoms with Crippen LogP contribution in [0, 0.1) is 5.82 Å². The fraction of sp³-hybridized carbons (Fsp3) is 0.273. The van der Waals surface area contributed by atoms with Crippen molar-refractivity contribution in [2.75, 3.05) is 13.1 Å². The molecule has 1 nitrogen and oxygen atoms in total. The molecule has 0 aliphatic carbocycles. The molecule has 1 aliphatic heterocycles. The summed E-state index contributed by atoms with van der Waals surface area (Å²) in [7, 11) is 0. The minimum Gasteiger partial charge on any atom is -0.313 e. The Kier molecular flexibility index (Phi) is 2.99. The van der Waals surface area contributed by atoms with Gasteiger partial charge in [-0.3, -0.25) is 0 Å². The molecule has 3 heteroatoms. The minimum atomic E-state index is -0.189. The zero-order valence-electron chi connectivity index (χ0n) is 7.69. The average molecular weight is 256 g/mol. The standard InChI is InChI=1S/C11H11BrFN/c12-11-2-1-10(13)6-9(11)5-8-3-4-14-7-8/h1-2,5-6,14H,3-4,7H2. The van der Waals surface area contributed by atoms with Gasteiger partial charge < -0.3 is 5.32 Å². The Morgan fingerprint density at radius 2 is 2.29 bits per heavy atom. The summed E-state index contributed by atoms with van der Waals surface area (Å²) < 4.78 is 13.9. The molecule has 14 heavy (non-hydrogen) atoms. The fourth-order valence-electron chi connectivity index (χ4n) is 1.55. The van der Waals surface area contributed by atoms with Crippen molar-refractivity contribution in [2.45, 2.75) is 6.42 Å². The molecule has 1 aromatic carbocycles. The third kappa shape index (κ3) is 2.22. The van der Waals surface area contributed by atoms with Gasteiger partial charge in [0.15, 0.2) is 0 Å². The van der Waals surface area contributed by atoms with Crippen LogP contribution in [0.3, 0.4) is 0 Å². The van der Waals surface area contributed by atoms with Crippen molar-refractivity contribution in [3.05, 3.63) is 39.6 Å². The number of halogens is 2. The first-order chi connectivity index (χ1) is 6.75. The van der Waals surface area contributed by atoms with Gasteiger partial charge in [-0.1, -0.05) is 27.6 Å². The normalized spacial score (nSPS) is 19.1. The molecule has 1 fully saturated rings. The molecule has 0 amide bonds. The van der Waals surface area contributed by atoms with Crippen LogP contribution < -0.4 is 5.32 Å². The second kappa shape index (κ2) is 4.24. The fourth-order valence-corrected chi connectivity index (χ4v) is 1.92. The predicted octanol–water partition coefficient (Wildman–Crippen LogP) is 2.96. The van der Waals surface area contributed by atoms with E-state index in [4.69, 9.17) is 0 Å². The summed E-state index contributed by atoms with van der Waals surface area (Å²) in [4.78, 5) is 0. The van der Waals surface area contributed by atoms with Crippen molar-refractivity contribution in [1.82, 2.24) is 5.32 Å². The first-order valence-corrected chi connectivity index (χ1v) is 5.40.